The molecule has 0 saturated carbocycles. The Labute approximate surface area is 283 Å². The van der Waals surface area contributed by atoms with Gasteiger partial charge in [0.05, 0.1) is 5.54 Å². The molecule has 0 spiro atoms. The number of aromatic hydroxyl groups is 4. The van der Waals surface area contributed by atoms with Gasteiger partial charge in [-0.25, -0.2) is 0 Å². The van der Waals surface area contributed by atoms with Crippen LogP contribution in [0.15, 0.2) is 127 Å². The predicted molar refractivity (Wildman–Crippen MR) is 184 cm³/mol. The maximum absolute atomic E-state index is 15.0. The molecule has 250 valence electrons. The van der Waals surface area contributed by atoms with Crippen LogP contribution in [0.25, 0.3) is 0 Å². The van der Waals surface area contributed by atoms with Crippen LogP contribution >= 0.6 is 0 Å². The molecule has 0 bridgehead atoms. The molecule has 0 aliphatic heterocycles. The van der Waals surface area contributed by atoms with Crippen molar-refractivity contribution in [3.63, 3.8) is 0 Å². The lowest BCUT2D eigenvalue weighted by Crippen LogP contribution is -2.68. The fourth-order valence-electron chi connectivity index (χ4n) is 5.96. The summed E-state index contributed by atoms with van der Waals surface area (Å²) < 4.78 is 0. The van der Waals surface area contributed by atoms with Crippen molar-refractivity contribution in [1.29, 1.82) is 0 Å². The summed E-state index contributed by atoms with van der Waals surface area (Å²) in [6.07, 6.45) is -0.574. The molecule has 0 fully saturated rings. The monoisotopic (exact) mass is 659 g/mol. The average molecular weight is 660 g/mol. The molecule has 0 unspecified atom stereocenters. The molecule has 0 aliphatic rings. The molecule has 0 aliphatic carbocycles. The maximum Gasteiger partial charge on any atom is 0.248 e. The van der Waals surface area contributed by atoms with Gasteiger partial charge >= 0.3 is 0 Å². The van der Waals surface area contributed by atoms with E-state index in [4.69, 9.17) is 0 Å². The van der Waals surface area contributed by atoms with Crippen molar-refractivity contribution in [2.24, 2.45) is 0 Å². The zero-order chi connectivity index (χ0) is 35.0. The second-order valence-corrected chi connectivity index (χ2v) is 11.6. The van der Waals surface area contributed by atoms with Crippen LogP contribution in [-0.4, -0.2) is 50.6 Å². The van der Waals surface area contributed by atoms with Gasteiger partial charge in [-0.2, -0.15) is 0 Å². The number of phenols is 4. The fourth-order valence-corrected chi connectivity index (χ4v) is 5.96. The summed E-state index contributed by atoms with van der Waals surface area (Å²) in [7, 11) is 1.46. The minimum atomic E-state index is -2.20. The number of hydrogen-bond donors (Lipinski definition) is 7. The largest absolute Gasteiger partial charge is 0.504 e. The standard InChI is InChI=1S/C39H37N3O7/c1-40-35(47)21-22-38(36(48)27-18-20-32(44)34(46)24-27,37(49)41-25-26-17-19-31(43)33(45)23-26)42-39(28-11-5-2-6-12-28,29-13-7-3-8-14-29)30-15-9-4-10-16-30/h2-20,23-24,42-46H,21-22,25H2,1H3,(H,40,47)(H,41,49)/t38-/m1/s1. The van der Waals surface area contributed by atoms with Crippen LogP contribution in [0, 0.1) is 0 Å². The third-order valence-corrected chi connectivity index (χ3v) is 8.53. The molecule has 10 heteroatoms. The zero-order valence-electron chi connectivity index (χ0n) is 26.8. The minimum Gasteiger partial charge on any atom is -0.504 e. The first kappa shape index (κ1) is 34.2. The number of Topliss-reactive ketones (excluding diaryl/α,β-unsaturated/α-hetero) is 1. The second kappa shape index (κ2) is 14.7. The van der Waals surface area contributed by atoms with Gasteiger partial charge in [0, 0.05) is 25.6 Å². The van der Waals surface area contributed by atoms with Crippen LogP contribution in [0.5, 0.6) is 23.0 Å². The Morgan fingerprint density at radius 1 is 0.612 bits per heavy atom. The number of carbonyl (C=O) groups is 3. The van der Waals surface area contributed by atoms with E-state index in [9.17, 15) is 30.0 Å². The molecule has 0 aromatic heterocycles. The molecule has 1 atom stereocenters. The molecule has 5 aromatic rings. The normalized spacial score (nSPS) is 12.4. The topological polar surface area (TPSA) is 168 Å². The van der Waals surface area contributed by atoms with Gasteiger partial charge < -0.3 is 31.1 Å². The number of hydrogen-bond acceptors (Lipinski definition) is 8. The van der Waals surface area contributed by atoms with Crippen molar-refractivity contribution in [2.75, 3.05) is 7.05 Å². The van der Waals surface area contributed by atoms with E-state index >= 15 is 4.79 Å². The SMILES string of the molecule is CNC(=O)CC[C@](NC(c1ccccc1)(c1ccccc1)c1ccccc1)(C(=O)NCc1ccc(O)c(O)c1)C(=O)c1ccc(O)c(O)c1. The third-order valence-electron chi connectivity index (χ3n) is 8.53. The third kappa shape index (κ3) is 7.09. The molecule has 0 saturated heterocycles. The lowest BCUT2D eigenvalue weighted by atomic mass is 9.72. The van der Waals surface area contributed by atoms with Gasteiger partial charge in [0.2, 0.25) is 11.8 Å². The van der Waals surface area contributed by atoms with Crippen LogP contribution in [0.3, 0.4) is 0 Å². The summed E-state index contributed by atoms with van der Waals surface area (Å²) in [5, 5.41) is 49.4. The summed E-state index contributed by atoms with van der Waals surface area (Å²) in [5.74, 6) is -3.73. The summed E-state index contributed by atoms with van der Waals surface area (Å²) in [6.45, 7) is -0.154. The van der Waals surface area contributed by atoms with Crippen LogP contribution in [-0.2, 0) is 21.7 Å². The Morgan fingerprint density at radius 3 is 1.57 bits per heavy atom. The number of phenolic OH excluding ortho intramolecular Hbond substituents is 4. The molecule has 2 amide bonds. The van der Waals surface area contributed by atoms with E-state index in [1.54, 1.807) is 0 Å². The van der Waals surface area contributed by atoms with Gasteiger partial charge in [-0.1, -0.05) is 97.1 Å². The Bertz CT molecular complexity index is 1840. The van der Waals surface area contributed by atoms with Gasteiger partial charge in [-0.05, 0) is 59.0 Å². The quantitative estimate of drug-likeness (QED) is 0.0407. The fraction of sp³-hybridized carbons (Fsp3) is 0.154. The van der Waals surface area contributed by atoms with Crippen molar-refractivity contribution in [1.82, 2.24) is 16.0 Å². The maximum atomic E-state index is 15.0. The first-order valence-corrected chi connectivity index (χ1v) is 15.6. The smallest absolute Gasteiger partial charge is 0.248 e. The highest BCUT2D eigenvalue weighted by Gasteiger charge is 2.53. The molecule has 5 aromatic carbocycles. The number of ketones is 1. The lowest BCUT2D eigenvalue weighted by molar-refractivity contribution is -0.127. The van der Waals surface area contributed by atoms with Gasteiger partial charge in [-0.3, -0.25) is 19.7 Å². The van der Waals surface area contributed by atoms with Gasteiger partial charge in [0.25, 0.3) is 0 Å². The highest BCUT2D eigenvalue weighted by molar-refractivity contribution is 6.18. The first-order valence-electron chi connectivity index (χ1n) is 15.6. The van der Waals surface area contributed by atoms with E-state index in [1.165, 1.54) is 31.3 Å². The first-order chi connectivity index (χ1) is 23.6. The Kier molecular flexibility index (Phi) is 10.3. The molecular weight excluding hydrogens is 622 g/mol. The molecule has 7 N–H and O–H groups in total. The Hall–Kier alpha value is -6.13. The molecule has 49 heavy (non-hydrogen) atoms. The zero-order valence-corrected chi connectivity index (χ0v) is 26.8. The van der Waals surface area contributed by atoms with Crippen molar-refractivity contribution in [3.05, 3.63) is 155 Å². The van der Waals surface area contributed by atoms with Crippen molar-refractivity contribution in [3.8, 4) is 23.0 Å². The molecule has 5 rings (SSSR count). The number of benzene rings is 5. The summed E-state index contributed by atoms with van der Waals surface area (Å²) in [4.78, 5) is 42.8. The van der Waals surface area contributed by atoms with E-state index in [2.05, 4.69) is 16.0 Å². The summed E-state index contributed by atoms with van der Waals surface area (Å²) in [5.41, 5.74) is -1.16. The minimum absolute atomic E-state index is 0.0970. The van der Waals surface area contributed by atoms with Crippen molar-refractivity contribution < 1.29 is 34.8 Å². The van der Waals surface area contributed by atoms with Gasteiger partial charge in [0.15, 0.2) is 34.3 Å². The summed E-state index contributed by atoms with van der Waals surface area (Å²) >= 11 is 0. The number of carbonyl (C=O) groups excluding carboxylic acids is 3. The molecule has 0 heterocycles. The number of amides is 2. The van der Waals surface area contributed by atoms with Crippen LogP contribution in [0.4, 0.5) is 0 Å². The van der Waals surface area contributed by atoms with Gasteiger partial charge in [0.1, 0.15) is 0 Å². The van der Waals surface area contributed by atoms with Crippen LogP contribution in [0.2, 0.25) is 0 Å². The molecule has 10 nitrogen and oxygen atoms in total. The van der Waals surface area contributed by atoms with E-state index in [0.717, 1.165) is 12.1 Å². The Morgan fingerprint density at radius 2 is 1.10 bits per heavy atom. The number of nitrogens with one attached hydrogen (secondary N) is 3. The summed E-state index contributed by atoms with van der Waals surface area (Å²) in [6, 6.07) is 35.5. The number of rotatable bonds is 13. The highest BCUT2D eigenvalue weighted by Crippen LogP contribution is 2.41. The van der Waals surface area contributed by atoms with E-state index < -0.39 is 40.2 Å². The predicted octanol–water partition coefficient (Wildman–Crippen LogP) is 4.85. The van der Waals surface area contributed by atoms with Crippen molar-refractivity contribution >= 4 is 17.6 Å². The lowest BCUT2D eigenvalue weighted by Gasteiger charge is -2.45. The highest BCUT2D eigenvalue weighted by atomic mass is 16.3. The van der Waals surface area contributed by atoms with Crippen LogP contribution in [0.1, 0.15) is 45.5 Å². The second-order valence-electron chi connectivity index (χ2n) is 11.6. The van der Waals surface area contributed by atoms with E-state index in [-0.39, 0.29) is 36.4 Å². The van der Waals surface area contributed by atoms with E-state index in [1.807, 2.05) is 91.0 Å². The average Bonchev–Trinajstić information content (AvgIpc) is 3.14. The van der Waals surface area contributed by atoms with Gasteiger partial charge in [-0.15, -0.1) is 0 Å². The van der Waals surface area contributed by atoms with E-state index in [0.29, 0.717) is 22.3 Å². The Balaban J connectivity index is 1.79. The molecular formula is C39H37N3O7. The molecule has 0 radical (unpaired) electrons. The van der Waals surface area contributed by atoms with Crippen LogP contribution < -0.4 is 16.0 Å². The van der Waals surface area contributed by atoms with Crippen molar-refractivity contribution in [2.45, 2.75) is 30.5 Å².